The van der Waals surface area contributed by atoms with E-state index in [0.29, 0.717) is 70.8 Å². The average molecular weight is 1160 g/mol. The Morgan fingerprint density at radius 2 is 0.912 bits per heavy atom. The lowest BCUT2D eigenvalue weighted by Crippen LogP contribution is -2.35. The number of urea groups is 2. The molecule has 2 aliphatic heterocycles. The van der Waals surface area contributed by atoms with Crippen LogP contribution in [0.1, 0.15) is 41.3 Å². The lowest BCUT2D eigenvalue weighted by atomic mass is 10.1. The van der Waals surface area contributed by atoms with E-state index in [1.165, 1.54) is 12.5 Å². The zero-order valence-corrected chi connectivity index (χ0v) is 47.4. The van der Waals surface area contributed by atoms with Crippen LogP contribution in [0.4, 0.5) is 21.0 Å². The molecule has 0 aromatic heterocycles. The molecule has 14 nitrogen and oxygen atoms in total. The third-order valence-electron chi connectivity index (χ3n) is 12.7. The molecule has 10 rings (SSSR count). The second kappa shape index (κ2) is 27.2. The molecule has 8 aromatic rings. The van der Waals surface area contributed by atoms with Crippen LogP contribution in [-0.4, -0.2) is 77.4 Å². The van der Waals surface area contributed by atoms with Crippen molar-refractivity contribution >= 4 is 66.3 Å². The molecule has 0 radical (unpaired) electrons. The van der Waals surface area contributed by atoms with Crippen LogP contribution in [0.15, 0.2) is 206 Å². The minimum atomic E-state index is -3.24. The maximum absolute atomic E-state index is 13.6. The van der Waals surface area contributed by atoms with E-state index < -0.39 is 19.7 Å². The van der Waals surface area contributed by atoms with E-state index in [9.17, 15) is 26.4 Å². The Balaban J connectivity index is 0.000000193. The molecule has 0 aliphatic carbocycles. The van der Waals surface area contributed by atoms with Crippen LogP contribution in [-0.2, 0) is 32.9 Å². The van der Waals surface area contributed by atoms with Gasteiger partial charge in [0, 0.05) is 59.3 Å². The van der Waals surface area contributed by atoms with E-state index >= 15 is 0 Å². The molecule has 2 unspecified atom stereocenters. The normalized spacial score (nSPS) is 15.0. The number of hydrogen-bond acceptors (Lipinski definition) is 10. The standard InChI is InChI=1S/C31H29ClN2O5S.C28H23ClN2O3.C3H8O2S/c1-40(36,37)19-18-33-21-30(24-8-5-9-29(20-24)38-22-23-6-3-2-4-7-23)34(31(33)35)26-12-16-28(17-13-26)39-27-14-10-25(32)11-15-27;29-22-9-13-24(14-10-22)34-25-15-11-23(12-16-25)31-27(18-30-28(31)32)21-7-4-8-26(17-21)33-19-20-5-2-1-3-6-20;1-3-6(2,4)5/h2-17,20,30H,18-19,21-22H2,1H3;1-17,27H,18-19H2,(H,30,32);3H2,1-2H3. The lowest BCUT2D eigenvalue weighted by Gasteiger charge is -2.24. The Morgan fingerprint density at radius 3 is 1.34 bits per heavy atom. The zero-order valence-electron chi connectivity index (χ0n) is 44.2. The van der Waals surface area contributed by atoms with Gasteiger partial charge in [-0.25, -0.2) is 26.4 Å². The van der Waals surface area contributed by atoms with Crippen molar-refractivity contribution in [3.8, 4) is 34.5 Å². The molecule has 0 bridgehead atoms. The van der Waals surface area contributed by atoms with Gasteiger partial charge in [-0.1, -0.05) is 115 Å². The second-order valence-corrected chi connectivity index (χ2v) is 24.4. The number of rotatable bonds is 18. The van der Waals surface area contributed by atoms with Crippen LogP contribution < -0.4 is 34.1 Å². The summed E-state index contributed by atoms with van der Waals surface area (Å²) in [6.45, 7) is 3.52. The third-order valence-corrected chi connectivity index (χ3v) is 15.2. The molecular weight excluding hydrogens is 1100 g/mol. The first kappa shape index (κ1) is 58.1. The summed E-state index contributed by atoms with van der Waals surface area (Å²) < 4.78 is 67.5. The van der Waals surface area contributed by atoms with E-state index in [4.69, 9.17) is 42.1 Å². The van der Waals surface area contributed by atoms with Gasteiger partial charge in [-0.3, -0.25) is 9.80 Å². The minimum Gasteiger partial charge on any atom is -0.489 e. The number of amides is 4. The summed E-state index contributed by atoms with van der Waals surface area (Å²) in [4.78, 5) is 31.3. The molecule has 4 amide bonds. The summed E-state index contributed by atoms with van der Waals surface area (Å²) in [6, 6.07) is 63.6. The van der Waals surface area contributed by atoms with Crippen molar-refractivity contribution in [2.24, 2.45) is 0 Å². The first-order valence-corrected chi connectivity index (χ1v) is 30.5. The highest BCUT2D eigenvalue weighted by Gasteiger charge is 2.39. The largest absolute Gasteiger partial charge is 0.489 e. The third kappa shape index (κ3) is 17.0. The van der Waals surface area contributed by atoms with Gasteiger partial charge in [-0.05, 0) is 144 Å². The monoisotopic (exact) mass is 1150 g/mol. The van der Waals surface area contributed by atoms with Gasteiger partial charge in [0.05, 0.1) is 17.8 Å². The maximum Gasteiger partial charge on any atom is 0.325 e. The Bertz CT molecular complexity index is 3550. The van der Waals surface area contributed by atoms with E-state index in [2.05, 4.69) is 5.32 Å². The van der Waals surface area contributed by atoms with Crippen LogP contribution in [0.3, 0.4) is 0 Å². The molecule has 80 heavy (non-hydrogen) atoms. The molecule has 0 saturated carbocycles. The number of anilines is 2. The molecule has 2 heterocycles. The molecular formula is C62H60Cl2N4O10S2. The molecule has 8 aromatic carbocycles. The second-order valence-electron chi connectivity index (χ2n) is 18.8. The van der Waals surface area contributed by atoms with Crippen molar-refractivity contribution in [2.75, 3.05) is 53.5 Å². The van der Waals surface area contributed by atoms with Gasteiger partial charge in [-0.2, -0.15) is 0 Å². The highest BCUT2D eigenvalue weighted by molar-refractivity contribution is 7.90. The van der Waals surface area contributed by atoms with E-state index in [1.807, 2.05) is 158 Å². The number of benzene rings is 8. The summed E-state index contributed by atoms with van der Waals surface area (Å²) in [7, 11) is -5.90. The van der Waals surface area contributed by atoms with Crippen LogP contribution in [0, 0.1) is 0 Å². The molecule has 414 valence electrons. The van der Waals surface area contributed by atoms with Gasteiger partial charge >= 0.3 is 12.1 Å². The summed E-state index contributed by atoms with van der Waals surface area (Å²) in [5, 5.41) is 4.23. The molecule has 2 saturated heterocycles. The highest BCUT2D eigenvalue weighted by Crippen LogP contribution is 2.38. The predicted molar refractivity (Wildman–Crippen MR) is 316 cm³/mol. The minimum absolute atomic E-state index is 0.104. The number of hydrogen-bond donors (Lipinski definition) is 1. The molecule has 1 N–H and O–H groups in total. The Morgan fingerprint density at radius 1 is 0.500 bits per heavy atom. The van der Waals surface area contributed by atoms with E-state index in [1.54, 1.807) is 70.2 Å². The molecule has 2 fully saturated rings. The van der Waals surface area contributed by atoms with Crippen molar-refractivity contribution in [3.05, 3.63) is 239 Å². The summed E-state index contributed by atoms with van der Waals surface area (Å²) in [5.74, 6) is 4.23. The average Bonchev–Trinajstić information content (AvgIpc) is 4.14. The molecule has 18 heteroatoms. The Labute approximate surface area is 477 Å². The first-order valence-electron chi connectivity index (χ1n) is 25.6. The topological polar surface area (TPSA) is 161 Å². The van der Waals surface area contributed by atoms with Gasteiger partial charge in [0.15, 0.2) is 0 Å². The van der Waals surface area contributed by atoms with Gasteiger partial charge < -0.3 is 29.2 Å². The number of nitrogens with zero attached hydrogens (tertiary/aromatic N) is 3. The summed E-state index contributed by atoms with van der Waals surface area (Å²) in [5.41, 5.74) is 5.52. The Hall–Kier alpha value is -8.02. The Kier molecular flexibility index (Phi) is 19.8. The molecule has 2 aliphatic rings. The number of sulfone groups is 2. The summed E-state index contributed by atoms with van der Waals surface area (Å²) in [6.07, 6.45) is 2.39. The van der Waals surface area contributed by atoms with Gasteiger partial charge in [-0.15, -0.1) is 0 Å². The summed E-state index contributed by atoms with van der Waals surface area (Å²) >= 11 is 11.9. The first-order chi connectivity index (χ1) is 38.5. The van der Waals surface area contributed by atoms with Crippen LogP contribution in [0.25, 0.3) is 0 Å². The van der Waals surface area contributed by atoms with Gasteiger partial charge in [0.2, 0.25) is 0 Å². The SMILES string of the molecule is CCS(C)(=O)=O.CS(=O)(=O)CCN1CC(c2cccc(OCc3ccccc3)c2)N(c2ccc(Oc3ccc(Cl)cc3)cc2)C1=O.O=C1NCC(c2cccc(OCc3ccccc3)c2)N1c1ccc(Oc2ccc(Cl)cc2)cc1. The van der Waals surface area contributed by atoms with E-state index in [-0.39, 0.29) is 42.2 Å². The van der Waals surface area contributed by atoms with Gasteiger partial charge in [0.25, 0.3) is 0 Å². The number of carbonyl (C=O) groups excluding carboxylic acids is 2. The highest BCUT2D eigenvalue weighted by atomic mass is 35.5. The van der Waals surface area contributed by atoms with Crippen molar-refractivity contribution in [3.63, 3.8) is 0 Å². The van der Waals surface area contributed by atoms with Crippen LogP contribution >= 0.6 is 23.2 Å². The van der Waals surface area contributed by atoms with Crippen molar-refractivity contribution < 1.29 is 45.4 Å². The molecule has 2 atom stereocenters. The quantitative estimate of drug-likeness (QED) is 0.0875. The van der Waals surface area contributed by atoms with Crippen LogP contribution in [0.2, 0.25) is 10.0 Å². The van der Waals surface area contributed by atoms with E-state index in [0.717, 1.165) is 33.7 Å². The fourth-order valence-corrected chi connectivity index (χ4v) is 9.26. The number of nitrogens with one attached hydrogen (secondary N) is 1. The predicted octanol–water partition coefficient (Wildman–Crippen LogP) is 13.8. The van der Waals surface area contributed by atoms with Crippen molar-refractivity contribution in [1.82, 2.24) is 10.2 Å². The fourth-order valence-electron chi connectivity index (χ4n) is 8.46. The lowest BCUT2D eigenvalue weighted by molar-refractivity contribution is 0.223. The van der Waals surface area contributed by atoms with Crippen molar-refractivity contribution in [1.29, 1.82) is 0 Å². The fraction of sp³-hybridized carbons (Fsp3) is 0.194. The van der Waals surface area contributed by atoms with Gasteiger partial charge in [0.1, 0.15) is 67.4 Å². The zero-order chi connectivity index (χ0) is 56.7. The number of carbonyl (C=O) groups is 2. The van der Waals surface area contributed by atoms with Crippen LogP contribution in [0.5, 0.6) is 34.5 Å². The molecule has 0 spiro atoms. The van der Waals surface area contributed by atoms with Crippen molar-refractivity contribution in [2.45, 2.75) is 32.2 Å². The number of halogens is 2. The number of ether oxygens (including phenoxy) is 4. The smallest absolute Gasteiger partial charge is 0.325 e. The maximum atomic E-state index is 13.6.